The summed E-state index contributed by atoms with van der Waals surface area (Å²) in [4.78, 5) is -0.222. The third kappa shape index (κ3) is 2.65. The number of nitrogen functional groups attached to an aromatic ring is 1. The summed E-state index contributed by atoms with van der Waals surface area (Å²) in [5.41, 5.74) is 5.59. The molecule has 0 fully saturated rings. The molecule has 16 heavy (non-hydrogen) atoms. The summed E-state index contributed by atoms with van der Waals surface area (Å²) in [6.07, 6.45) is 0. The molecule has 0 saturated carbocycles. The summed E-state index contributed by atoms with van der Waals surface area (Å²) < 4.78 is 31.3. The monoisotopic (exact) mass is 263 g/mol. The molecule has 3 N–H and O–H groups in total. The minimum absolute atomic E-state index is 0. The van der Waals surface area contributed by atoms with Gasteiger partial charge in [-0.15, -0.1) is 0 Å². The second-order valence-corrected chi connectivity index (χ2v) is 4.54. The van der Waals surface area contributed by atoms with Crippen LogP contribution in [0, 0.1) is 0 Å². The van der Waals surface area contributed by atoms with E-state index >= 15 is 0 Å². The van der Waals surface area contributed by atoms with Crippen LogP contribution in [0.25, 0.3) is 10.8 Å². The first-order valence-electron chi connectivity index (χ1n) is 4.25. The summed E-state index contributed by atoms with van der Waals surface area (Å²) >= 11 is 0. The zero-order chi connectivity index (χ0) is 11.1. The first kappa shape index (κ1) is 14.1. The van der Waals surface area contributed by atoms with Crippen LogP contribution in [0.3, 0.4) is 0 Å². The number of fused-ring (bicyclic) bond motifs is 1. The van der Waals surface area contributed by atoms with E-state index in [9.17, 15) is 8.42 Å². The van der Waals surface area contributed by atoms with Crippen LogP contribution >= 0.6 is 0 Å². The van der Waals surface area contributed by atoms with E-state index in [0.717, 1.165) is 5.39 Å². The van der Waals surface area contributed by atoms with Gasteiger partial charge in [0, 0.05) is 5.39 Å². The standard InChI is InChI=1S/C10H9NO3S.K.H/c11-9-6-5-7-3-1-2-4-8(7)10(9)15(12,13)14;;/h1-6H,11H2,(H,12,13,14);;/q;+1;-1. The molecule has 0 aliphatic heterocycles. The number of nitrogens with two attached hydrogens (primary N) is 1. The second-order valence-electron chi connectivity index (χ2n) is 3.18. The van der Waals surface area contributed by atoms with Crippen LogP contribution < -0.4 is 57.1 Å². The van der Waals surface area contributed by atoms with Crippen LogP contribution in [0.15, 0.2) is 41.3 Å². The van der Waals surface area contributed by atoms with E-state index in [1.165, 1.54) is 6.07 Å². The Kier molecular flexibility index (Phi) is 4.53. The van der Waals surface area contributed by atoms with Crippen molar-refractivity contribution in [1.82, 2.24) is 0 Å². The van der Waals surface area contributed by atoms with Crippen molar-refractivity contribution in [3.05, 3.63) is 36.4 Å². The van der Waals surface area contributed by atoms with Gasteiger partial charge in [0.25, 0.3) is 10.1 Å². The van der Waals surface area contributed by atoms with Gasteiger partial charge in [-0.25, -0.2) is 0 Å². The predicted molar refractivity (Wildman–Crippen MR) is 59.3 cm³/mol. The molecule has 0 amide bonds. The van der Waals surface area contributed by atoms with Crippen LogP contribution in [-0.2, 0) is 10.1 Å². The molecule has 0 aliphatic rings. The number of hydrogen-bond acceptors (Lipinski definition) is 3. The van der Waals surface area contributed by atoms with Crippen molar-refractivity contribution in [2.75, 3.05) is 5.73 Å². The Hall–Kier alpha value is 0.0464. The Bertz CT molecular complexity index is 630. The van der Waals surface area contributed by atoms with E-state index in [0.29, 0.717) is 5.39 Å². The van der Waals surface area contributed by atoms with Crippen molar-refractivity contribution in [2.45, 2.75) is 4.90 Å². The molecule has 0 saturated heterocycles. The Balaban J connectivity index is 0.00000128. The summed E-state index contributed by atoms with van der Waals surface area (Å²) in [7, 11) is -4.29. The molecule has 0 radical (unpaired) electrons. The Labute approximate surface area is 137 Å². The molecular weight excluding hydrogens is 253 g/mol. The molecule has 2 rings (SSSR count). The molecule has 6 heteroatoms. The molecular formula is C10H10KNO3S. The van der Waals surface area contributed by atoms with Gasteiger partial charge in [-0.3, -0.25) is 4.55 Å². The van der Waals surface area contributed by atoms with Crippen molar-refractivity contribution in [2.24, 2.45) is 0 Å². The zero-order valence-corrected chi connectivity index (χ0v) is 12.7. The average Bonchev–Trinajstić information content (AvgIpc) is 2.15. The van der Waals surface area contributed by atoms with E-state index in [-0.39, 0.29) is 63.4 Å². The third-order valence-corrected chi connectivity index (χ3v) is 3.14. The molecule has 0 spiro atoms. The second kappa shape index (κ2) is 5.13. The first-order valence-corrected chi connectivity index (χ1v) is 5.69. The number of anilines is 1. The summed E-state index contributed by atoms with van der Waals surface area (Å²) in [6, 6.07) is 10.0. The average molecular weight is 263 g/mol. The van der Waals surface area contributed by atoms with Gasteiger partial charge in [0.1, 0.15) is 4.90 Å². The van der Waals surface area contributed by atoms with Crippen molar-refractivity contribution in [1.29, 1.82) is 0 Å². The van der Waals surface area contributed by atoms with Gasteiger partial charge < -0.3 is 7.16 Å². The fraction of sp³-hybridized carbons (Fsp3) is 0. The van der Waals surface area contributed by atoms with Gasteiger partial charge in [0.2, 0.25) is 0 Å². The molecule has 0 atom stereocenters. The summed E-state index contributed by atoms with van der Waals surface area (Å²) in [5.74, 6) is 0. The van der Waals surface area contributed by atoms with Crippen molar-refractivity contribution in [3.8, 4) is 0 Å². The molecule has 0 aromatic heterocycles. The van der Waals surface area contributed by atoms with E-state index in [1.807, 2.05) is 0 Å². The fourth-order valence-electron chi connectivity index (χ4n) is 1.55. The summed E-state index contributed by atoms with van der Waals surface area (Å²) in [6.45, 7) is 0. The molecule has 0 heterocycles. The van der Waals surface area contributed by atoms with Crippen molar-refractivity contribution < 1.29 is 65.8 Å². The van der Waals surface area contributed by atoms with E-state index < -0.39 is 10.1 Å². The summed E-state index contributed by atoms with van der Waals surface area (Å²) in [5, 5.41) is 1.15. The SMILES string of the molecule is Nc1ccc2ccccc2c1S(=O)(=O)O.[H-].[K+]. The molecule has 2 aromatic rings. The number of rotatable bonds is 1. The van der Waals surface area contributed by atoms with Crippen LogP contribution in [0.5, 0.6) is 0 Å². The van der Waals surface area contributed by atoms with Gasteiger partial charge in [-0.2, -0.15) is 8.42 Å². The number of benzene rings is 2. The molecule has 0 aliphatic carbocycles. The van der Waals surface area contributed by atoms with E-state index in [1.54, 1.807) is 30.3 Å². The molecule has 4 nitrogen and oxygen atoms in total. The van der Waals surface area contributed by atoms with Crippen LogP contribution in [0.4, 0.5) is 5.69 Å². The maximum Gasteiger partial charge on any atom is 1.00 e. The third-order valence-electron chi connectivity index (χ3n) is 2.17. The minimum Gasteiger partial charge on any atom is -1.00 e. The van der Waals surface area contributed by atoms with Gasteiger partial charge in [-0.05, 0) is 11.5 Å². The Morgan fingerprint density at radius 2 is 1.75 bits per heavy atom. The molecule has 2 aromatic carbocycles. The van der Waals surface area contributed by atoms with Gasteiger partial charge in [0.05, 0.1) is 5.69 Å². The smallest absolute Gasteiger partial charge is 1.00 e. The van der Waals surface area contributed by atoms with Crippen LogP contribution in [0.1, 0.15) is 1.43 Å². The first-order chi connectivity index (χ1) is 7.00. The largest absolute Gasteiger partial charge is 1.00 e. The zero-order valence-electron chi connectivity index (χ0n) is 9.71. The van der Waals surface area contributed by atoms with Gasteiger partial charge in [-0.1, -0.05) is 30.3 Å². The minimum atomic E-state index is -4.29. The van der Waals surface area contributed by atoms with Crippen molar-refractivity contribution >= 4 is 26.6 Å². The van der Waals surface area contributed by atoms with E-state index in [2.05, 4.69) is 0 Å². The van der Waals surface area contributed by atoms with Gasteiger partial charge in [0.15, 0.2) is 0 Å². The maximum atomic E-state index is 11.1. The van der Waals surface area contributed by atoms with Crippen LogP contribution in [-0.4, -0.2) is 13.0 Å². The van der Waals surface area contributed by atoms with E-state index in [4.69, 9.17) is 10.3 Å². The number of hydrogen-bond donors (Lipinski definition) is 2. The Morgan fingerprint density at radius 3 is 2.38 bits per heavy atom. The molecule has 80 valence electrons. The predicted octanol–water partition coefficient (Wildman–Crippen LogP) is -1.21. The Morgan fingerprint density at radius 1 is 1.12 bits per heavy atom. The molecule has 0 bridgehead atoms. The van der Waals surface area contributed by atoms with Crippen molar-refractivity contribution in [3.63, 3.8) is 0 Å². The quantitative estimate of drug-likeness (QED) is 0.384. The topological polar surface area (TPSA) is 80.4 Å². The normalized spacial score (nSPS) is 11.1. The molecule has 0 unspecified atom stereocenters. The maximum absolute atomic E-state index is 11.1. The van der Waals surface area contributed by atoms with Gasteiger partial charge >= 0.3 is 51.4 Å². The van der Waals surface area contributed by atoms with Crippen LogP contribution in [0.2, 0.25) is 0 Å². The fourth-order valence-corrected chi connectivity index (χ4v) is 2.38.